The number of halogens is 1. The number of nitrogens with one attached hydrogen (secondary N) is 1. The lowest BCUT2D eigenvalue weighted by Crippen LogP contribution is -2.38. The van der Waals surface area contributed by atoms with E-state index in [1.165, 1.54) is 22.7 Å². The van der Waals surface area contributed by atoms with Crippen LogP contribution in [0.3, 0.4) is 0 Å². The van der Waals surface area contributed by atoms with Crippen LogP contribution >= 0.6 is 0 Å². The van der Waals surface area contributed by atoms with Gasteiger partial charge < -0.3 is 14.6 Å². The van der Waals surface area contributed by atoms with E-state index in [1.807, 2.05) is 38.9 Å². The minimum absolute atomic E-state index is 0.0258. The first-order valence-corrected chi connectivity index (χ1v) is 12.0. The summed E-state index contributed by atoms with van der Waals surface area (Å²) in [4.78, 5) is 14.3. The molecule has 1 N–H and O–H groups in total. The molecular weight excluding hydrogens is 445 g/mol. The third-order valence-electron chi connectivity index (χ3n) is 5.39. The third kappa shape index (κ3) is 5.61. The van der Waals surface area contributed by atoms with Gasteiger partial charge in [-0.2, -0.15) is 4.31 Å². The maximum Gasteiger partial charge on any atom is 0.291 e. The topological polar surface area (TPSA) is 82.9 Å². The molecule has 1 heterocycles. The van der Waals surface area contributed by atoms with Crippen LogP contribution in [0.4, 0.5) is 15.8 Å². The van der Waals surface area contributed by atoms with Gasteiger partial charge in [0.1, 0.15) is 5.82 Å². The number of hydrogen-bond acceptors (Lipinski definition) is 5. The molecular formula is C24H28FN3O4S. The van der Waals surface area contributed by atoms with E-state index in [4.69, 9.17) is 4.42 Å². The van der Waals surface area contributed by atoms with Gasteiger partial charge in [0.05, 0.1) is 11.2 Å². The van der Waals surface area contributed by atoms with E-state index in [0.29, 0.717) is 17.7 Å². The minimum Gasteiger partial charge on any atom is -0.459 e. The van der Waals surface area contributed by atoms with E-state index >= 15 is 0 Å². The lowest BCUT2D eigenvalue weighted by Gasteiger charge is -2.30. The minimum atomic E-state index is -3.90. The van der Waals surface area contributed by atoms with Crippen LogP contribution in [0.2, 0.25) is 0 Å². The first kappa shape index (κ1) is 24.5. The number of benzene rings is 2. The quantitative estimate of drug-likeness (QED) is 0.486. The second-order valence-corrected chi connectivity index (χ2v) is 9.82. The second kappa shape index (κ2) is 10.2. The Morgan fingerprint density at radius 1 is 1.12 bits per heavy atom. The summed E-state index contributed by atoms with van der Waals surface area (Å²) in [5, 5.41) is 2.78. The number of furan rings is 1. The molecule has 2 aromatic carbocycles. The van der Waals surface area contributed by atoms with Gasteiger partial charge in [0.15, 0.2) is 5.76 Å². The fourth-order valence-electron chi connectivity index (χ4n) is 3.42. The highest BCUT2D eigenvalue weighted by Gasteiger charge is 2.29. The largest absolute Gasteiger partial charge is 0.459 e. The Morgan fingerprint density at radius 3 is 2.39 bits per heavy atom. The average Bonchev–Trinajstić information content (AvgIpc) is 3.32. The standard InChI is InChI=1S/C24H28FN3O4S/c1-5-17(2)28(33(30,31)21-11-8-19(25)9-12-21)16-18-15-20(10-13-22(18)27(3)4)26-24(29)23-7-6-14-32-23/h6-15,17H,5,16H2,1-4H3,(H,26,29). The summed E-state index contributed by atoms with van der Waals surface area (Å²) in [5.74, 6) is -0.728. The first-order valence-electron chi connectivity index (χ1n) is 10.6. The van der Waals surface area contributed by atoms with Crippen LogP contribution in [-0.4, -0.2) is 38.8 Å². The molecule has 0 spiro atoms. The molecule has 0 saturated heterocycles. The number of nitrogens with zero attached hydrogens (tertiary/aromatic N) is 2. The van der Waals surface area contributed by atoms with E-state index in [0.717, 1.165) is 17.8 Å². The zero-order valence-electron chi connectivity index (χ0n) is 19.1. The van der Waals surface area contributed by atoms with Crippen LogP contribution in [0.5, 0.6) is 0 Å². The summed E-state index contributed by atoms with van der Waals surface area (Å²) in [6.45, 7) is 3.82. The molecule has 0 fully saturated rings. The molecule has 3 aromatic rings. The van der Waals surface area contributed by atoms with Gasteiger partial charge in [0.25, 0.3) is 5.91 Å². The number of rotatable bonds is 9. The van der Waals surface area contributed by atoms with E-state index < -0.39 is 21.7 Å². The van der Waals surface area contributed by atoms with Crippen molar-refractivity contribution in [3.8, 4) is 0 Å². The van der Waals surface area contributed by atoms with Crippen molar-refractivity contribution in [3.63, 3.8) is 0 Å². The van der Waals surface area contributed by atoms with Crippen molar-refractivity contribution < 1.29 is 22.0 Å². The fourth-order valence-corrected chi connectivity index (χ4v) is 5.10. The summed E-state index contributed by atoms with van der Waals surface area (Å²) in [6.07, 6.45) is 2.01. The Labute approximate surface area is 193 Å². The van der Waals surface area contributed by atoms with Crippen LogP contribution in [0, 0.1) is 5.82 Å². The normalized spacial score (nSPS) is 12.5. The molecule has 176 valence electrons. The number of hydrogen-bond donors (Lipinski definition) is 1. The molecule has 1 amide bonds. The highest BCUT2D eigenvalue weighted by atomic mass is 32.2. The molecule has 3 rings (SSSR count). The molecule has 0 aliphatic carbocycles. The zero-order valence-corrected chi connectivity index (χ0v) is 19.9. The van der Waals surface area contributed by atoms with Crippen molar-refractivity contribution >= 4 is 27.3 Å². The Kier molecular flexibility index (Phi) is 7.55. The third-order valence-corrected chi connectivity index (χ3v) is 7.37. The molecule has 0 saturated carbocycles. The monoisotopic (exact) mass is 473 g/mol. The van der Waals surface area contributed by atoms with Gasteiger partial charge in [0.2, 0.25) is 10.0 Å². The molecule has 1 aromatic heterocycles. The Hall–Kier alpha value is -3.17. The zero-order chi connectivity index (χ0) is 24.2. The predicted octanol–water partition coefficient (Wildman–Crippen LogP) is 4.73. The lowest BCUT2D eigenvalue weighted by molar-refractivity contribution is 0.0996. The Balaban J connectivity index is 1.98. The maximum atomic E-state index is 13.5. The van der Waals surface area contributed by atoms with Gasteiger partial charge in [-0.25, -0.2) is 12.8 Å². The number of sulfonamides is 1. The first-order chi connectivity index (χ1) is 15.6. The molecule has 0 aliphatic heterocycles. The molecule has 7 nitrogen and oxygen atoms in total. The molecule has 0 aliphatic rings. The van der Waals surface area contributed by atoms with Crippen molar-refractivity contribution in [1.29, 1.82) is 0 Å². The summed E-state index contributed by atoms with van der Waals surface area (Å²) < 4.78 is 46.8. The highest BCUT2D eigenvalue weighted by Crippen LogP contribution is 2.29. The predicted molar refractivity (Wildman–Crippen MR) is 126 cm³/mol. The van der Waals surface area contributed by atoms with Crippen LogP contribution in [-0.2, 0) is 16.6 Å². The molecule has 9 heteroatoms. The van der Waals surface area contributed by atoms with Gasteiger partial charge in [0, 0.05) is 38.1 Å². The summed E-state index contributed by atoms with van der Waals surface area (Å²) in [7, 11) is -0.169. The molecule has 0 radical (unpaired) electrons. The van der Waals surface area contributed by atoms with Crippen molar-refractivity contribution in [2.24, 2.45) is 0 Å². The Bertz CT molecular complexity index is 1190. The van der Waals surface area contributed by atoms with Crippen molar-refractivity contribution in [2.75, 3.05) is 24.3 Å². The summed E-state index contributed by atoms with van der Waals surface area (Å²) in [6, 6.07) is 13.0. The fraction of sp³-hybridized carbons (Fsp3) is 0.292. The van der Waals surface area contributed by atoms with Crippen molar-refractivity contribution in [2.45, 2.75) is 37.8 Å². The molecule has 1 unspecified atom stereocenters. The van der Waals surface area contributed by atoms with Gasteiger partial charge in [-0.1, -0.05) is 6.92 Å². The van der Waals surface area contributed by atoms with Gasteiger partial charge in [-0.05, 0) is 73.5 Å². The van der Waals surface area contributed by atoms with Crippen LogP contribution < -0.4 is 10.2 Å². The molecule has 33 heavy (non-hydrogen) atoms. The SMILES string of the molecule is CCC(C)N(Cc1cc(NC(=O)c2ccco2)ccc1N(C)C)S(=O)(=O)c1ccc(F)cc1. The number of carbonyl (C=O) groups excluding carboxylic acids is 1. The number of amides is 1. The van der Waals surface area contributed by atoms with E-state index in [2.05, 4.69) is 5.32 Å². The van der Waals surface area contributed by atoms with Gasteiger partial charge in [-0.15, -0.1) is 0 Å². The molecule has 1 atom stereocenters. The maximum absolute atomic E-state index is 13.5. The Morgan fingerprint density at radius 2 is 1.82 bits per heavy atom. The summed E-state index contributed by atoms with van der Waals surface area (Å²) >= 11 is 0. The van der Waals surface area contributed by atoms with Crippen LogP contribution in [0.1, 0.15) is 36.4 Å². The number of carbonyl (C=O) groups is 1. The van der Waals surface area contributed by atoms with Crippen molar-refractivity contribution in [3.05, 3.63) is 78.0 Å². The van der Waals surface area contributed by atoms with E-state index in [9.17, 15) is 17.6 Å². The highest BCUT2D eigenvalue weighted by molar-refractivity contribution is 7.89. The smallest absolute Gasteiger partial charge is 0.291 e. The molecule has 0 bridgehead atoms. The van der Waals surface area contributed by atoms with Gasteiger partial charge >= 0.3 is 0 Å². The number of anilines is 2. The summed E-state index contributed by atoms with van der Waals surface area (Å²) in [5.41, 5.74) is 2.04. The van der Waals surface area contributed by atoms with E-state index in [-0.39, 0.29) is 23.2 Å². The average molecular weight is 474 g/mol. The van der Waals surface area contributed by atoms with E-state index in [1.54, 1.807) is 24.3 Å². The van der Waals surface area contributed by atoms with Crippen LogP contribution in [0.25, 0.3) is 0 Å². The second-order valence-electron chi connectivity index (χ2n) is 7.93. The van der Waals surface area contributed by atoms with Crippen molar-refractivity contribution in [1.82, 2.24) is 4.31 Å². The lowest BCUT2D eigenvalue weighted by atomic mass is 10.1. The van der Waals surface area contributed by atoms with Gasteiger partial charge in [-0.3, -0.25) is 4.79 Å². The van der Waals surface area contributed by atoms with Crippen LogP contribution in [0.15, 0.2) is 70.2 Å².